The first kappa shape index (κ1) is 12.8. The Kier molecular flexibility index (Phi) is 3.41. The lowest BCUT2D eigenvalue weighted by molar-refractivity contribution is 1.22. The Labute approximate surface area is 130 Å². The molecule has 0 amide bonds. The number of nitrogens with zero attached hydrogens (tertiary/aromatic N) is 2. The number of fused-ring (bicyclic) bond motifs is 1. The molecule has 0 spiro atoms. The van der Waals surface area contributed by atoms with E-state index in [1.807, 2.05) is 42.5 Å². The molecule has 0 saturated carbocycles. The van der Waals surface area contributed by atoms with Crippen molar-refractivity contribution < 1.29 is 0 Å². The Morgan fingerprint density at radius 1 is 1.00 bits per heavy atom. The zero-order valence-electron chi connectivity index (χ0n) is 10.2. The first-order valence-electron chi connectivity index (χ1n) is 5.83. The van der Waals surface area contributed by atoms with Gasteiger partial charge in [0.25, 0.3) is 0 Å². The smallest absolute Gasteiger partial charge is 0.161 e. The number of benzene rings is 2. The maximum absolute atomic E-state index is 6.26. The largest absolute Gasteiger partial charge is 0.228 e. The number of hydrogen-bond acceptors (Lipinski definition) is 2. The molecule has 3 aromatic rings. The molecule has 0 atom stereocenters. The minimum Gasteiger partial charge on any atom is -0.228 e. The lowest BCUT2D eigenvalue weighted by atomic mass is 10.1. The third-order valence-electron chi connectivity index (χ3n) is 2.92. The van der Waals surface area contributed by atoms with Crippen molar-refractivity contribution >= 4 is 45.1 Å². The van der Waals surface area contributed by atoms with E-state index in [-0.39, 0.29) is 0 Å². The van der Waals surface area contributed by atoms with Crippen LogP contribution in [-0.4, -0.2) is 9.97 Å². The van der Waals surface area contributed by atoms with E-state index in [0.717, 1.165) is 20.0 Å². The van der Waals surface area contributed by atoms with Crippen molar-refractivity contribution in [1.82, 2.24) is 9.97 Å². The van der Waals surface area contributed by atoms with Crippen molar-refractivity contribution in [2.45, 2.75) is 6.92 Å². The molecule has 0 fully saturated rings. The van der Waals surface area contributed by atoms with Crippen molar-refractivity contribution in [2.75, 3.05) is 0 Å². The van der Waals surface area contributed by atoms with Crippen LogP contribution < -0.4 is 0 Å². The van der Waals surface area contributed by atoms with Crippen LogP contribution in [0, 0.1) is 10.5 Å². The summed E-state index contributed by atoms with van der Waals surface area (Å²) in [5.41, 5.74) is 3.06. The standard InChI is InChI=1S/C15H10ClIN2/c1-9-2-4-10(5-3-9)15-18-13-7-6-11(17)8-12(13)14(16)19-15/h2-8H,1H3. The Bertz CT molecular complexity index is 754. The zero-order valence-corrected chi connectivity index (χ0v) is 13.1. The molecule has 0 N–H and O–H groups in total. The van der Waals surface area contributed by atoms with Gasteiger partial charge in [-0.2, -0.15) is 0 Å². The molecule has 0 bridgehead atoms. The second-order valence-corrected chi connectivity index (χ2v) is 5.97. The van der Waals surface area contributed by atoms with Gasteiger partial charge in [-0.3, -0.25) is 0 Å². The average Bonchev–Trinajstić information content (AvgIpc) is 2.40. The fourth-order valence-corrected chi connectivity index (χ4v) is 2.62. The molecule has 19 heavy (non-hydrogen) atoms. The highest BCUT2D eigenvalue weighted by Crippen LogP contribution is 2.26. The molecular weight excluding hydrogens is 371 g/mol. The lowest BCUT2D eigenvalue weighted by Crippen LogP contribution is -1.92. The SMILES string of the molecule is Cc1ccc(-c2nc(Cl)c3cc(I)ccc3n2)cc1. The number of aryl methyl sites for hydroxylation is 1. The summed E-state index contributed by atoms with van der Waals surface area (Å²) in [5.74, 6) is 0.665. The molecule has 4 heteroatoms. The Morgan fingerprint density at radius 3 is 2.47 bits per heavy atom. The Morgan fingerprint density at radius 2 is 1.74 bits per heavy atom. The average molecular weight is 381 g/mol. The highest BCUT2D eigenvalue weighted by atomic mass is 127. The summed E-state index contributed by atoms with van der Waals surface area (Å²) in [4.78, 5) is 8.97. The molecule has 0 aliphatic heterocycles. The van der Waals surface area contributed by atoms with E-state index < -0.39 is 0 Å². The third-order valence-corrected chi connectivity index (χ3v) is 3.88. The van der Waals surface area contributed by atoms with Gasteiger partial charge in [0.1, 0.15) is 5.15 Å². The van der Waals surface area contributed by atoms with E-state index in [9.17, 15) is 0 Å². The summed E-state index contributed by atoms with van der Waals surface area (Å²) < 4.78 is 1.12. The van der Waals surface area contributed by atoms with Crippen LogP contribution in [0.1, 0.15) is 5.56 Å². The van der Waals surface area contributed by atoms with Crippen molar-refractivity contribution in [3.8, 4) is 11.4 Å². The van der Waals surface area contributed by atoms with E-state index in [4.69, 9.17) is 11.6 Å². The fraction of sp³-hybridized carbons (Fsp3) is 0.0667. The molecule has 0 saturated heterocycles. The molecule has 0 aliphatic carbocycles. The van der Waals surface area contributed by atoms with Crippen LogP contribution in [-0.2, 0) is 0 Å². The zero-order chi connectivity index (χ0) is 13.4. The van der Waals surface area contributed by atoms with Crippen LogP contribution >= 0.6 is 34.2 Å². The van der Waals surface area contributed by atoms with Crippen molar-refractivity contribution in [2.24, 2.45) is 0 Å². The first-order valence-corrected chi connectivity index (χ1v) is 7.29. The molecule has 1 heterocycles. The number of aromatic nitrogens is 2. The van der Waals surface area contributed by atoms with Crippen molar-refractivity contribution in [1.29, 1.82) is 0 Å². The molecule has 0 unspecified atom stereocenters. The summed E-state index contributed by atoms with van der Waals surface area (Å²) >= 11 is 8.52. The summed E-state index contributed by atoms with van der Waals surface area (Å²) in [6.45, 7) is 2.06. The summed E-state index contributed by atoms with van der Waals surface area (Å²) in [6, 6.07) is 14.1. The van der Waals surface area contributed by atoms with Crippen LogP contribution in [0.25, 0.3) is 22.3 Å². The number of halogens is 2. The van der Waals surface area contributed by atoms with Gasteiger partial charge in [0, 0.05) is 14.5 Å². The van der Waals surface area contributed by atoms with Crippen LogP contribution in [0.2, 0.25) is 5.15 Å². The molecule has 1 aromatic heterocycles. The third kappa shape index (κ3) is 2.58. The summed E-state index contributed by atoms with van der Waals surface area (Å²) in [7, 11) is 0. The van der Waals surface area contributed by atoms with Gasteiger partial charge in [-0.1, -0.05) is 41.4 Å². The van der Waals surface area contributed by atoms with Gasteiger partial charge in [-0.25, -0.2) is 9.97 Å². The normalized spacial score (nSPS) is 10.9. The van der Waals surface area contributed by atoms with Gasteiger partial charge in [-0.05, 0) is 47.7 Å². The minimum atomic E-state index is 0.499. The lowest BCUT2D eigenvalue weighted by Gasteiger charge is -2.05. The van der Waals surface area contributed by atoms with Gasteiger partial charge in [0.2, 0.25) is 0 Å². The predicted molar refractivity (Wildman–Crippen MR) is 87.4 cm³/mol. The van der Waals surface area contributed by atoms with Gasteiger partial charge < -0.3 is 0 Å². The maximum atomic E-state index is 6.26. The Hall–Kier alpha value is -1.20. The van der Waals surface area contributed by atoms with E-state index in [2.05, 4.69) is 39.5 Å². The molecule has 0 aliphatic rings. The van der Waals surface area contributed by atoms with E-state index in [1.54, 1.807) is 0 Å². The highest BCUT2D eigenvalue weighted by molar-refractivity contribution is 14.1. The van der Waals surface area contributed by atoms with Crippen LogP contribution in [0.3, 0.4) is 0 Å². The van der Waals surface area contributed by atoms with E-state index >= 15 is 0 Å². The van der Waals surface area contributed by atoms with Crippen LogP contribution in [0.15, 0.2) is 42.5 Å². The second-order valence-electron chi connectivity index (χ2n) is 4.37. The van der Waals surface area contributed by atoms with Gasteiger partial charge >= 0.3 is 0 Å². The molecule has 2 nitrogen and oxygen atoms in total. The van der Waals surface area contributed by atoms with Gasteiger partial charge in [-0.15, -0.1) is 0 Å². The van der Waals surface area contributed by atoms with Gasteiger partial charge in [0.05, 0.1) is 5.52 Å². The van der Waals surface area contributed by atoms with Crippen LogP contribution in [0.5, 0.6) is 0 Å². The first-order chi connectivity index (χ1) is 9.13. The van der Waals surface area contributed by atoms with Crippen molar-refractivity contribution in [3.05, 3.63) is 56.8 Å². The monoisotopic (exact) mass is 380 g/mol. The van der Waals surface area contributed by atoms with Gasteiger partial charge in [0.15, 0.2) is 5.82 Å². The predicted octanol–water partition coefficient (Wildman–Crippen LogP) is 4.86. The molecule has 2 aromatic carbocycles. The number of rotatable bonds is 1. The second kappa shape index (κ2) is 5.06. The molecule has 0 radical (unpaired) electrons. The van der Waals surface area contributed by atoms with Crippen LogP contribution in [0.4, 0.5) is 0 Å². The van der Waals surface area contributed by atoms with Crippen molar-refractivity contribution in [3.63, 3.8) is 0 Å². The highest BCUT2D eigenvalue weighted by Gasteiger charge is 2.08. The summed E-state index contributed by atoms with van der Waals surface area (Å²) in [6.07, 6.45) is 0. The summed E-state index contributed by atoms with van der Waals surface area (Å²) in [5, 5.41) is 1.39. The maximum Gasteiger partial charge on any atom is 0.161 e. The van der Waals surface area contributed by atoms with E-state index in [1.165, 1.54) is 5.56 Å². The fourth-order valence-electron chi connectivity index (χ4n) is 1.90. The Balaban J connectivity index is 2.20. The quantitative estimate of drug-likeness (QED) is 0.445. The minimum absolute atomic E-state index is 0.499. The molecular formula is C15H10ClIN2. The van der Waals surface area contributed by atoms with E-state index in [0.29, 0.717) is 11.0 Å². The molecule has 94 valence electrons. The molecule has 3 rings (SSSR count). The number of hydrogen-bond donors (Lipinski definition) is 0. The topological polar surface area (TPSA) is 25.8 Å².